The summed E-state index contributed by atoms with van der Waals surface area (Å²) in [5, 5.41) is 3.26. The zero-order valence-corrected chi connectivity index (χ0v) is 13.3. The summed E-state index contributed by atoms with van der Waals surface area (Å²) in [6.07, 6.45) is -0.0105. The van der Waals surface area contributed by atoms with Gasteiger partial charge in [0.2, 0.25) is 0 Å². The Morgan fingerprint density at radius 1 is 1.33 bits per heavy atom. The first kappa shape index (κ1) is 16.8. The fourth-order valence-corrected chi connectivity index (χ4v) is 3.15. The summed E-state index contributed by atoms with van der Waals surface area (Å²) < 4.78 is 19.2. The standard InChI is InChI=1S/C13H13Cl2FN2O2.ClH/c14-8-4-9(15)10(16)3-7(8)13(19)18-1-2-20-12-6-17-5-11(12)18;/h3-4,11-12,17H,1-2,5-6H2;1H/t11-,12+;/m1./s1. The van der Waals surface area contributed by atoms with E-state index >= 15 is 0 Å². The predicted octanol–water partition coefficient (Wildman–Crippen LogP) is 2.37. The van der Waals surface area contributed by atoms with E-state index in [1.807, 2.05) is 0 Å². The summed E-state index contributed by atoms with van der Waals surface area (Å²) in [6, 6.07) is 2.32. The van der Waals surface area contributed by atoms with Crippen LogP contribution in [0.1, 0.15) is 10.4 Å². The predicted molar refractivity (Wildman–Crippen MR) is 81.1 cm³/mol. The smallest absolute Gasteiger partial charge is 0.255 e. The second-order valence-electron chi connectivity index (χ2n) is 4.88. The molecule has 3 rings (SSSR count). The van der Waals surface area contributed by atoms with Gasteiger partial charge in [-0.05, 0) is 12.1 Å². The summed E-state index contributed by atoms with van der Waals surface area (Å²) in [4.78, 5) is 14.3. The van der Waals surface area contributed by atoms with Crippen molar-refractivity contribution in [3.8, 4) is 0 Å². The number of nitrogens with zero attached hydrogens (tertiary/aromatic N) is 1. The average Bonchev–Trinajstić information content (AvgIpc) is 2.90. The van der Waals surface area contributed by atoms with E-state index in [1.165, 1.54) is 6.07 Å². The van der Waals surface area contributed by atoms with E-state index in [-0.39, 0.29) is 46.1 Å². The van der Waals surface area contributed by atoms with E-state index in [0.717, 1.165) is 12.6 Å². The molecule has 0 unspecified atom stereocenters. The van der Waals surface area contributed by atoms with Gasteiger partial charge < -0.3 is 15.0 Å². The van der Waals surface area contributed by atoms with Crippen molar-refractivity contribution in [1.82, 2.24) is 10.2 Å². The molecule has 21 heavy (non-hydrogen) atoms. The molecule has 0 spiro atoms. The highest BCUT2D eigenvalue weighted by molar-refractivity contribution is 6.36. The molecule has 0 aromatic heterocycles. The molecule has 2 atom stereocenters. The van der Waals surface area contributed by atoms with Crippen LogP contribution in [0.4, 0.5) is 4.39 Å². The number of fused-ring (bicyclic) bond motifs is 1. The van der Waals surface area contributed by atoms with Crippen LogP contribution in [0.5, 0.6) is 0 Å². The van der Waals surface area contributed by atoms with Crippen molar-refractivity contribution in [3.05, 3.63) is 33.6 Å². The first-order valence-corrected chi connectivity index (χ1v) is 7.11. The molecule has 4 nitrogen and oxygen atoms in total. The molecule has 1 aromatic rings. The molecule has 2 aliphatic rings. The number of nitrogens with one attached hydrogen (secondary N) is 1. The van der Waals surface area contributed by atoms with Crippen molar-refractivity contribution in [1.29, 1.82) is 0 Å². The Bertz CT molecular complexity index is 558. The Kier molecular flexibility index (Phi) is 5.33. The van der Waals surface area contributed by atoms with Crippen molar-refractivity contribution in [2.45, 2.75) is 12.1 Å². The summed E-state index contributed by atoms with van der Waals surface area (Å²) in [5.74, 6) is -0.929. The third-order valence-electron chi connectivity index (χ3n) is 3.69. The molecule has 2 saturated heterocycles. The van der Waals surface area contributed by atoms with Crippen LogP contribution in [0.2, 0.25) is 10.0 Å². The lowest BCUT2D eigenvalue weighted by molar-refractivity contribution is -0.0364. The Hall–Kier alpha value is -0.590. The molecule has 2 fully saturated rings. The van der Waals surface area contributed by atoms with Crippen LogP contribution in [0.25, 0.3) is 0 Å². The topological polar surface area (TPSA) is 41.6 Å². The normalized spacial score (nSPS) is 24.4. The van der Waals surface area contributed by atoms with E-state index in [0.29, 0.717) is 19.7 Å². The molecule has 0 radical (unpaired) electrons. The van der Waals surface area contributed by atoms with E-state index in [2.05, 4.69) is 5.32 Å². The Morgan fingerprint density at radius 2 is 2.10 bits per heavy atom. The van der Waals surface area contributed by atoms with Gasteiger partial charge in [-0.15, -0.1) is 12.4 Å². The fourth-order valence-electron chi connectivity index (χ4n) is 2.68. The summed E-state index contributed by atoms with van der Waals surface area (Å²) in [5.41, 5.74) is 0.140. The lowest BCUT2D eigenvalue weighted by Crippen LogP contribution is -2.53. The largest absolute Gasteiger partial charge is 0.373 e. The minimum absolute atomic E-state index is 0. The molecular formula is C13H14Cl3FN2O2. The van der Waals surface area contributed by atoms with E-state index in [4.69, 9.17) is 27.9 Å². The molecule has 8 heteroatoms. The number of halogens is 4. The van der Waals surface area contributed by atoms with Gasteiger partial charge in [0, 0.05) is 19.6 Å². The van der Waals surface area contributed by atoms with Gasteiger partial charge in [-0.25, -0.2) is 4.39 Å². The van der Waals surface area contributed by atoms with Crippen molar-refractivity contribution < 1.29 is 13.9 Å². The Morgan fingerprint density at radius 3 is 2.86 bits per heavy atom. The van der Waals surface area contributed by atoms with Crippen molar-refractivity contribution in [2.75, 3.05) is 26.2 Å². The van der Waals surface area contributed by atoms with Crippen molar-refractivity contribution >= 4 is 41.5 Å². The van der Waals surface area contributed by atoms with Crippen LogP contribution < -0.4 is 5.32 Å². The molecule has 1 aromatic carbocycles. The van der Waals surface area contributed by atoms with Crippen LogP contribution >= 0.6 is 35.6 Å². The van der Waals surface area contributed by atoms with Crippen LogP contribution in [-0.4, -0.2) is 49.2 Å². The fraction of sp³-hybridized carbons (Fsp3) is 0.462. The molecule has 2 heterocycles. The minimum Gasteiger partial charge on any atom is -0.373 e. The maximum Gasteiger partial charge on any atom is 0.255 e. The second-order valence-corrected chi connectivity index (χ2v) is 5.69. The van der Waals surface area contributed by atoms with Crippen LogP contribution in [0.15, 0.2) is 12.1 Å². The van der Waals surface area contributed by atoms with Crippen molar-refractivity contribution in [3.63, 3.8) is 0 Å². The SMILES string of the molecule is Cl.O=C(c1cc(F)c(Cl)cc1Cl)N1CCO[C@H]2CNC[C@H]21. The van der Waals surface area contributed by atoms with Gasteiger partial charge in [-0.3, -0.25) is 4.79 Å². The van der Waals surface area contributed by atoms with Crippen LogP contribution in [0.3, 0.4) is 0 Å². The first-order chi connectivity index (χ1) is 9.58. The number of carbonyl (C=O) groups is 1. The summed E-state index contributed by atoms with van der Waals surface area (Å²) in [6.45, 7) is 2.34. The van der Waals surface area contributed by atoms with Gasteiger partial charge in [-0.1, -0.05) is 23.2 Å². The van der Waals surface area contributed by atoms with Gasteiger partial charge in [0.05, 0.1) is 34.4 Å². The zero-order chi connectivity index (χ0) is 14.3. The van der Waals surface area contributed by atoms with Gasteiger partial charge >= 0.3 is 0 Å². The molecular weight excluding hydrogens is 342 g/mol. The zero-order valence-electron chi connectivity index (χ0n) is 10.9. The third-order valence-corrected chi connectivity index (χ3v) is 4.30. The third kappa shape index (κ3) is 3.12. The number of rotatable bonds is 1. The molecule has 1 N–H and O–H groups in total. The highest BCUT2D eigenvalue weighted by Crippen LogP contribution is 2.27. The number of amides is 1. The molecule has 116 valence electrons. The van der Waals surface area contributed by atoms with Gasteiger partial charge in [-0.2, -0.15) is 0 Å². The monoisotopic (exact) mass is 354 g/mol. The average molecular weight is 356 g/mol. The van der Waals surface area contributed by atoms with E-state index < -0.39 is 5.82 Å². The maximum atomic E-state index is 13.6. The Labute approximate surface area is 137 Å². The lowest BCUT2D eigenvalue weighted by atomic mass is 10.1. The number of hydrogen-bond acceptors (Lipinski definition) is 3. The van der Waals surface area contributed by atoms with Crippen LogP contribution in [0, 0.1) is 5.82 Å². The summed E-state index contributed by atoms with van der Waals surface area (Å²) in [7, 11) is 0. The van der Waals surface area contributed by atoms with Gasteiger partial charge in [0.1, 0.15) is 5.82 Å². The first-order valence-electron chi connectivity index (χ1n) is 6.36. The molecule has 0 saturated carbocycles. The quantitative estimate of drug-likeness (QED) is 0.787. The van der Waals surface area contributed by atoms with E-state index in [9.17, 15) is 9.18 Å². The highest BCUT2D eigenvalue weighted by atomic mass is 35.5. The number of hydrogen-bond donors (Lipinski definition) is 1. The molecule has 0 aliphatic carbocycles. The number of benzene rings is 1. The minimum atomic E-state index is -0.645. The molecule has 0 bridgehead atoms. The lowest BCUT2D eigenvalue weighted by Gasteiger charge is -2.37. The van der Waals surface area contributed by atoms with E-state index in [1.54, 1.807) is 4.90 Å². The van der Waals surface area contributed by atoms with Gasteiger partial charge in [0.15, 0.2) is 0 Å². The van der Waals surface area contributed by atoms with Crippen molar-refractivity contribution in [2.24, 2.45) is 0 Å². The molecule has 1 amide bonds. The number of morpholine rings is 1. The number of carbonyl (C=O) groups excluding carboxylic acids is 1. The van der Waals surface area contributed by atoms with Crippen LogP contribution in [-0.2, 0) is 4.74 Å². The number of ether oxygens (including phenoxy) is 1. The second kappa shape index (κ2) is 6.67. The Balaban J connectivity index is 0.00000161. The maximum absolute atomic E-state index is 13.6. The summed E-state index contributed by atoms with van der Waals surface area (Å²) >= 11 is 11.7. The highest BCUT2D eigenvalue weighted by Gasteiger charge is 2.39. The van der Waals surface area contributed by atoms with Gasteiger partial charge in [0.25, 0.3) is 5.91 Å². The molecule has 2 aliphatic heterocycles.